The Labute approximate surface area is 191 Å². The third-order valence-electron chi connectivity index (χ3n) is 5.37. The first-order valence-corrected chi connectivity index (χ1v) is 10.7. The van der Waals surface area contributed by atoms with Gasteiger partial charge in [-0.25, -0.2) is 4.98 Å². The molecule has 5 heteroatoms. The molecule has 3 aromatic carbocycles. The summed E-state index contributed by atoms with van der Waals surface area (Å²) in [7, 11) is 0. The van der Waals surface area contributed by atoms with E-state index in [2.05, 4.69) is 10.3 Å². The largest absolute Gasteiger partial charge is 0.457 e. The molecule has 0 aliphatic heterocycles. The van der Waals surface area contributed by atoms with Crippen LogP contribution in [0.15, 0.2) is 93.8 Å². The van der Waals surface area contributed by atoms with E-state index in [0.717, 1.165) is 39.1 Å². The normalized spacial score (nSPS) is 11.3. The van der Waals surface area contributed by atoms with Crippen LogP contribution in [0, 0.1) is 13.8 Å². The summed E-state index contributed by atoms with van der Waals surface area (Å²) in [6, 6.07) is 25.2. The van der Waals surface area contributed by atoms with Crippen molar-refractivity contribution in [1.29, 1.82) is 0 Å². The maximum Gasteiger partial charge on any atom is 0.248 e. The average molecular weight is 434 g/mol. The number of benzene rings is 3. The standard InChI is InChI=1S/C28H22N2O3/c1-18-8-13-26-24(16-18)30-28(33-26)21-10-9-19(2)23(17-21)29-27(31)15-12-22-11-14-25(32-22)20-6-4-3-5-7-20/h3-17H,1-2H3,(H,29,31)/b15-12+. The smallest absolute Gasteiger partial charge is 0.248 e. The van der Waals surface area contributed by atoms with E-state index < -0.39 is 0 Å². The summed E-state index contributed by atoms with van der Waals surface area (Å²) in [5, 5.41) is 2.94. The molecule has 33 heavy (non-hydrogen) atoms. The van der Waals surface area contributed by atoms with Crippen molar-refractivity contribution >= 4 is 28.8 Å². The third kappa shape index (κ3) is 4.48. The van der Waals surface area contributed by atoms with Gasteiger partial charge in [0, 0.05) is 22.9 Å². The number of fused-ring (bicyclic) bond motifs is 1. The molecule has 0 aliphatic carbocycles. The molecule has 1 N–H and O–H groups in total. The maximum absolute atomic E-state index is 12.6. The van der Waals surface area contributed by atoms with Crippen LogP contribution in [-0.2, 0) is 4.79 Å². The number of anilines is 1. The minimum atomic E-state index is -0.249. The van der Waals surface area contributed by atoms with Gasteiger partial charge in [-0.05, 0) is 67.4 Å². The van der Waals surface area contributed by atoms with Crippen LogP contribution in [0.4, 0.5) is 5.69 Å². The van der Waals surface area contributed by atoms with E-state index in [-0.39, 0.29) is 5.91 Å². The second-order valence-electron chi connectivity index (χ2n) is 7.91. The van der Waals surface area contributed by atoms with Gasteiger partial charge in [0.2, 0.25) is 11.8 Å². The van der Waals surface area contributed by atoms with Gasteiger partial charge in [0.1, 0.15) is 17.0 Å². The summed E-state index contributed by atoms with van der Waals surface area (Å²) in [4.78, 5) is 17.2. The third-order valence-corrected chi connectivity index (χ3v) is 5.37. The fraction of sp³-hybridized carbons (Fsp3) is 0.0714. The van der Waals surface area contributed by atoms with Gasteiger partial charge >= 0.3 is 0 Å². The summed E-state index contributed by atoms with van der Waals surface area (Å²) in [6.07, 6.45) is 3.12. The van der Waals surface area contributed by atoms with Crippen LogP contribution in [-0.4, -0.2) is 10.9 Å². The van der Waals surface area contributed by atoms with Crippen molar-refractivity contribution in [2.45, 2.75) is 13.8 Å². The summed E-state index contributed by atoms with van der Waals surface area (Å²) in [5.74, 6) is 1.63. The van der Waals surface area contributed by atoms with Crippen molar-refractivity contribution in [1.82, 2.24) is 4.98 Å². The Bertz CT molecular complexity index is 1480. The molecule has 0 spiro atoms. The molecule has 0 fully saturated rings. The number of rotatable bonds is 5. The molecule has 0 saturated heterocycles. The van der Waals surface area contributed by atoms with Crippen molar-refractivity contribution in [3.05, 3.63) is 102 Å². The molecule has 2 heterocycles. The van der Waals surface area contributed by atoms with Crippen molar-refractivity contribution in [2.24, 2.45) is 0 Å². The van der Waals surface area contributed by atoms with E-state index in [0.29, 0.717) is 17.3 Å². The number of carbonyl (C=O) groups excluding carboxylic acids is 1. The number of aryl methyl sites for hydroxylation is 2. The molecule has 5 aromatic rings. The highest BCUT2D eigenvalue weighted by Crippen LogP contribution is 2.28. The lowest BCUT2D eigenvalue weighted by molar-refractivity contribution is -0.111. The summed E-state index contributed by atoms with van der Waals surface area (Å²) in [5.41, 5.74) is 6.10. The molecule has 2 aromatic heterocycles. The van der Waals surface area contributed by atoms with Gasteiger partial charge in [-0.15, -0.1) is 0 Å². The van der Waals surface area contributed by atoms with Crippen LogP contribution in [0.1, 0.15) is 16.9 Å². The van der Waals surface area contributed by atoms with Crippen LogP contribution in [0.2, 0.25) is 0 Å². The predicted molar refractivity (Wildman–Crippen MR) is 131 cm³/mol. The first-order chi connectivity index (χ1) is 16.0. The zero-order valence-corrected chi connectivity index (χ0v) is 18.3. The van der Waals surface area contributed by atoms with Crippen molar-refractivity contribution in [3.63, 3.8) is 0 Å². The maximum atomic E-state index is 12.6. The molecule has 0 saturated carbocycles. The molecule has 0 radical (unpaired) electrons. The number of nitrogens with zero attached hydrogens (tertiary/aromatic N) is 1. The lowest BCUT2D eigenvalue weighted by atomic mass is 10.1. The molecule has 0 aliphatic rings. The fourth-order valence-corrected chi connectivity index (χ4v) is 3.58. The summed E-state index contributed by atoms with van der Waals surface area (Å²) >= 11 is 0. The SMILES string of the molecule is Cc1ccc2oc(-c3ccc(C)c(NC(=O)/C=C/c4ccc(-c5ccccc5)o4)c3)nc2c1. The summed E-state index contributed by atoms with van der Waals surface area (Å²) < 4.78 is 11.7. The Kier molecular flexibility index (Phi) is 5.37. The van der Waals surface area contributed by atoms with Crippen LogP contribution >= 0.6 is 0 Å². The van der Waals surface area contributed by atoms with Gasteiger partial charge in [0.05, 0.1) is 0 Å². The molecule has 1 amide bonds. The van der Waals surface area contributed by atoms with Crippen molar-refractivity contribution in [2.75, 3.05) is 5.32 Å². The Balaban J connectivity index is 1.32. The number of furan rings is 1. The molecule has 5 rings (SSSR count). The number of hydrogen-bond acceptors (Lipinski definition) is 4. The molecule has 0 atom stereocenters. The van der Waals surface area contributed by atoms with E-state index in [4.69, 9.17) is 8.83 Å². The van der Waals surface area contributed by atoms with Gasteiger partial charge in [-0.1, -0.05) is 42.5 Å². The number of aromatic nitrogens is 1. The highest BCUT2D eigenvalue weighted by Gasteiger charge is 2.11. The van der Waals surface area contributed by atoms with Crippen molar-refractivity contribution in [3.8, 4) is 22.8 Å². The molecule has 5 nitrogen and oxygen atoms in total. The van der Waals surface area contributed by atoms with Gasteiger partial charge in [-0.3, -0.25) is 4.79 Å². The summed E-state index contributed by atoms with van der Waals surface area (Å²) in [6.45, 7) is 3.96. The Morgan fingerprint density at radius 1 is 0.879 bits per heavy atom. The first kappa shape index (κ1) is 20.5. The van der Waals surface area contributed by atoms with Crippen LogP contribution in [0.5, 0.6) is 0 Å². The lowest BCUT2D eigenvalue weighted by Crippen LogP contribution is -2.09. The van der Waals surface area contributed by atoms with E-state index in [9.17, 15) is 4.79 Å². The molecule has 162 valence electrons. The van der Waals surface area contributed by atoms with Crippen LogP contribution < -0.4 is 5.32 Å². The van der Waals surface area contributed by atoms with Crippen LogP contribution in [0.25, 0.3) is 40.0 Å². The number of nitrogens with one attached hydrogen (secondary N) is 1. The highest BCUT2D eigenvalue weighted by atomic mass is 16.3. The van der Waals surface area contributed by atoms with E-state index in [1.165, 1.54) is 6.08 Å². The number of amides is 1. The quantitative estimate of drug-likeness (QED) is 0.302. The minimum absolute atomic E-state index is 0.249. The Morgan fingerprint density at radius 2 is 1.73 bits per heavy atom. The Hall–Kier alpha value is -4.38. The Morgan fingerprint density at radius 3 is 2.58 bits per heavy atom. The molecule has 0 unspecified atom stereocenters. The number of carbonyl (C=O) groups is 1. The van der Waals surface area contributed by atoms with Gasteiger partial charge in [-0.2, -0.15) is 0 Å². The van der Waals surface area contributed by atoms with Gasteiger partial charge in [0.25, 0.3) is 0 Å². The topological polar surface area (TPSA) is 68.3 Å². The van der Waals surface area contributed by atoms with Crippen LogP contribution in [0.3, 0.4) is 0 Å². The van der Waals surface area contributed by atoms with E-state index in [1.54, 1.807) is 6.08 Å². The monoisotopic (exact) mass is 434 g/mol. The first-order valence-electron chi connectivity index (χ1n) is 10.7. The second-order valence-corrected chi connectivity index (χ2v) is 7.91. The molecule has 0 bridgehead atoms. The molecular weight excluding hydrogens is 412 g/mol. The van der Waals surface area contributed by atoms with E-state index >= 15 is 0 Å². The second kappa shape index (κ2) is 8.63. The predicted octanol–water partition coefficient (Wildman–Crippen LogP) is 7.02. The average Bonchev–Trinajstić information content (AvgIpc) is 3.47. The van der Waals surface area contributed by atoms with E-state index in [1.807, 2.05) is 92.7 Å². The lowest BCUT2D eigenvalue weighted by Gasteiger charge is -2.07. The van der Waals surface area contributed by atoms with Gasteiger partial charge in [0.15, 0.2) is 5.58 Å². The zero-order chi connectivity index (χ0) is 22.8. The molecular formula is C28H22N2O3. The zero-order valence-electron chi connectivity index (χ0n) is 18.3. The number of oxazole rings is 1. The van der Waals surface area contributed by atoms with Crippen molar-refractivity contribution < 1.29 is 13.6 Å². The number of hydrogen-bond donors (Lipinski definition) is 1. The van der Waals surface area contributed by atoms with Gasteiger partial charge < -0.3 is 14.2 Å². The highest BCUT2D eigenvalue weighted by molar-refractivity contribution is 6.02. The fourth-order valence-electron chi connectivity index (χ4n) is 3.58. The minimum Gasteiger partial charge on any atom is -0.457 e.